The summed E-state index contributed by atoms with van der Waals surface area (Å²) >= 11 is 0. The number of fused-ring (bicyclic) bond motifs is 1. The molecule has 4 aromatic rings. The topological polar surface area (TPSA) is 106 Å². The van der Waals surface area contributed by atoms with Crippen LogP contribution in [0.5, 0.6) is 11.5 Å². The summed E-state index contributed by atoms with van der Waals surface area (Å²) in [5, 5.41) is 3.21. The van der Waals surface area contributed by atoms with Crippen molar-refractivity contribution in [3.8, 4) is 22.9 Å². The van der Waals surface area contributed by atoms with E-state index in [9.17, 15) is 18.4 Å². The van der Waals surface area contributed by atoms with Crippen molar-refractivity contribution in [2.75, 3.05) is 39.3 Å². The average Bonchev–Trinajstić information content (AvgIpc) is 3.60. The van der Waals surface area contributed by atoms with E-state index in [4.69, 9.17) is 14.2 Å². The summed E-state index contributed by atoms with van der Waals surface area (Å²) in [6.07, 6.45) is 2.39. The Kier molecular flexibility index (Phi) is 8.66. The molecule has 0 saturated carbocycles. The fourth-order valence-corrected chi connectivity index (χ4v) is 7.03. The van der Waals surface area contributed by atoms with E-state index in [1.54, 1.807) is 24.1 Å². The Balaban J connectivity index is 1.19. The van der Waals surface area contributed by atoms with Gasteiger partial charge in [0.1, 0.15) is 34.5 Å². The SMILES string of the molecule is COc1ccc(CN2Cc3nc(-c4c(F)cccc4F)nc(Nc4ccc(C5(C)CCN(C6CCOCC6)C5=O)cc4)c3C2=O)c(OC)c1. The molecule has 49 heavy (non-hydrogen) atoms. The monoisotopic (exact) mass is 669 g/mol. The van der Waals surface area contributed by atoms with Crippen LogP contribution in [0.1, 0.15) is 53.4 Å². The van der Waals surface area contributed by atoms with Gasteiger partial charge in [-0.3, -0.25) is 9.59 Å². The van der Waals surface area contributed by atoms with Gasteiger partial charge in [-0.1, -0.05) is 18.2 Å². The van der Waals surface area contributed by atoms with Crippen molar-refractivity contribution in [1.82, 2.24) is 19.8 Å². The summed E-state index contributed by atoms with van der Waals surface area (Å²) in [5.41, 5.74) is 1.71. The molecule has 10 nitrogen and oxygen atoms in total. The molecular weight excluding hydrogens is 632 g/mol. The molecule has 2 saturated heterocycles. The summed E-state index contributed by atoms with van der Waals surface area (Å²) in [6.45, 7) is 4.29. The first-order chi connectivity index (χ1) is 23.7. The van der Waals surface area contributed by atoms with Crippen molar-refractivity contribution in [1.29, 1.82) is 0 Å². The van der Waals surface area contributed by atoms with Gasteiger partial charge in [-0.2, -0.15) is 0 Å². The van der Waals surface area contributed by atoms with Crippen LogP contribution in [0.25, 0.3) is 11.4 Å². The minimum absolute atomic E-state index is 0.0899. The number of benzene rings is 3. The van der Waals surface area contributed by atoms with E-state index >= 15 is 0 Å². The van der Waals surface area contributed by atoms with Crippen molar-refractivity contribution in [2.45, 2.75) is 50.7 Å². The number of ether oxygens (including phenoxy) is 3. The lowest BCUT2D eigenvalue weighted by molar-refractivity contribution is -0.135. The van der Waals surface area contributed by atoms with Crippen molar-refractivity contribution < 1.29 is 32.6 Å². The second-order valence-electron chi connectivity index (χ2n) is 12.8. The normalized spacial score (nSPS) is 19.4. The molecule has 0 radical (unpaired) electrons. The Hall–Kier alpha value is -5.10. The van der Waals surface area contributed by atoms with Crippen LogP contribution in [0, 0.1) is 11.6 Å². The molecule has 1 aromatic heterocycles. The maximum Gasteiger partial charge on any atom is 0.260 e. The van der Waals surface area contributed by atoms with Gasteiger partial charge < -0.3 is 29.3 Å². The Morgan fingerprint density at radius 3 is 2.39 bits per heavy atom. The van der Waals surface area contributed by atoms with Crippen LogP contribution in [0.3, 0.4) is 0 Å². The van der Waals surface area contributed by atoms with Gasteiger partial charge in [0, 0.05) is 43.1 Å². The van der Waals surface area contributed by atoms with Crippen LogP contribution >= 0.6 is 0 Å². The smallest absolute Gasteiger partial charge is 0.260 e. The van der Waals surface area contributed by atoms with E-state index in [-0.39, 0.29) is 53.7 Å². The molecule has 7 rings (SSSR count). The number of carbonyl (C=O) groups is 2. The zero-order valence-electron chi connectivity index (χ0n) is 27.6. The number of hydrogen-bond donors (Lipinski definition) is 1. The van der Waals surface area contributed by atoms with Gasteiger partial charge in [-0.25, -0.2) is 18.7 Å². The van der Waals surface area contributed by atoms with E-state index in [2.05, 4.69) is 15.3 Å². The number of halogens is 2. The highest BCUT2D eigenvalue weighted by Crippen LogP contribution is 2.39. The Morgan fingerprint density at radius 2 is 1.69 bits per heavy atom. The van der Waals surface area contributed by atoms with Gasteiger partial charge in [0.15, 0.2) is 5.82 Å². The van der Waals surface area contributed by atoms with E-state index < -0.39 is 17.0 Å². The lowest BCUT2D eigenvalue weighted by Gasteiger charge is -2.33. The number of amides is 2. The molecule has 0 aliphatic carbocycles. The first-order valence-corrected chi connectivity index (χ1v) is 16.3. The summed E-state index contributed by atoms with van der Waals surface area (Å²) in [5.74, 6) is -0.756. The lowest BCUT2D eigenvalue weighted by atomic mass is 9.81. The van der Waals surface area contributed by atoms with Crippen LogP contribution in [0.4, 0.5) is 20.3 Å². The van der Waals surface area contributed by atoms with Crippen LogP contribution < -0.4 is 14.8 Å². The highest BCUT2D eigenvalue weighted by atomic mass is 19.1. The second-order valence-corrected chi connectivity index (χ2v) is 12.8. The molecule has 2 amide bonds. The first-order valence-electron chi connectivity index (χ1n) is 16.3. The van der Waals surface area contributed by atoms with Crippen molar-refractivity contribution in [3.63, 3.8) is 0 Å². The number of anilines is 2. The van der Waals surface area contributed by atoms with Gasteiger partial charge >= 0.3 is 0 Å². The largest absolute Gasteiger partial charge is 0.497 e. The maximum absolute atomic E-state index is 15.0. The fourth-order valence-electron chi connectivity index (χ4n) is 7.03. The number of aromatic nitrogens is 2. The molecule has 0 spiro atoms. The predicted octanol–water partition coefficient (Wildman–Crippen LogP) is 6.01. The zero-order chi connectivity index (χ0) is 34.3. The van der Waals surface area contributed by atoms with Crippen LogP contribution in [-0.2, 0) is 28.0 Å². The van der Waals surface area contributed by atoms with Gasteiger partial charge in [-0.05, 0) is 68.1 Å². The van der Waals surface area contributed by atoms with E-state index in [0.717, 1.165) is 36.1 Å². The molecule has 12 heteroatoms. The maximum atomic E-state index is 15.0. The molecule has 3 aliphatic heterocycles. The second kappa shape index (κ2) is 13.1. The molecule has 4 heterocycles. The molecule has 1 N–H and O–H groups in total. The quantitative estimate of drug-likeness (QED) is 0.231. The summed E-state index contributed by atoms with van der Waals surface area (Å²) in [7, 11) is 3.10. The Morgan fingerprint density at radius 1 is 0.959 bits per heavy atom. The van der Waals surface area contributed by atoms with Gasteiger partial charge in [0.25, 0.3) is 5.91 Å². The summed E-state index contributed by atoms with van der Waals surface area (Å²) in [6, 6.07) is 16.5. The molecular formula is C37H37F2N5O5. The molecule has 0 bridgehead atoms. The highest BCUT2D eigenvalue weighted by Gasteiger charge is 2.46. The Labute approximate surface area is 283 Å². The summed E-state index contributed by atoms with van der Waals surface area (Å²) < 4.78 is 46.3. The van der Waals surface area contributed by atoms with E-state index in [1.165, 1.54) is 13.2 Å². The third-order valence-corrected chi connectivity index (χ3v) is 9.87. The minimum Gasteiger partial charge on any atom is -0.497 e. The predicted molar refractivity (Wildman–Crippen MR) is 178 cm³/mol. The number of nitrogens with one attached hydrogen (secondary N) is 1. The Bertz CT molecular complexity index is 1900. The van der Waals surface area contributed by atoms with E-state index in [0.29, 0.717) is 49.1 Å². The van der Waals surface area contributed by atoms with Crippen LogP contribution in [-0.4, -0.2) is 71.6 Å². The van der Waals surface area contributed by atoms with Crippen molar-refractivity contribution in [2.24, 2.45) is 0 Å². The average molecular weight is 670 g/mol. The van der Waals surface area contributed by atoms with Crippen molar-refractivity contribution in [3.05, 3.63) is 94.7 Å². The molecule has 1 atom stereocenters. The first kappa shape index (κ1) is 32.4. The number of nitrogens with zero attached hydrogens (tertiary/aromatic N) is 4. The molecule has 254 valence electrons. The highest BCUT2D eigenvalue weighted by molar-refractivity contribution is 6.03. The molecule has 3 aromatic carbocycles. The zero-order valence-corrected chi connectivity index (χ0v) is 27.6. The number of hydrogen-bond acceptors (Lipinski definition) is 8. The molecule has 3 aliphatic rings. The van der Waals surface area contributed by atoms with Crippen molar-refractivity contribution >= 4 is 23.3 Å². The number of rotatable bonds is 9. The molecule has 1 unspecified atom stereocenters. The summed E-state index contributed by atoms with van der Waals surface area (Å²) in [4.78, 5) is 40.2. The third kappa shape index (κ3) is 5.94. The number of methoxy groups -OCH3 is 2. The number of likely N-dealkylation sites (tertiary alicyclic amines) is 1. The van der Waals surface area contributed by atoms with Gasteiger partial charge in [0.05, 0.1) is 44.0 Å². The van der Waals surface area contributed by atoms with Crippen LogP contribution in [0.15, 0.2) is 60.7 Å². The molecule has 2 fully saturated rings. The van der Waals surface area contributed by atoms with E-state index in [1.807, 2.05) is 42.2 Å². The minimum atomic E-state index is -0.816. The number of carbonyl (C=O) groups excluding carboxylic acids is 2. The van der Waals surface area contributed by atoms with Gasteiger partial charge in [0.2, 0.25) is 5.91 Å². The fraction of sp³-hybridized carbons (Fsp3) is 0.351. The van der Waals surface area contributed by atoms with Crippen LogP contribution in [0.2, 0.25) is 0 Å². The van der Waals surface area contributed by atoms with Gasteiger partial charge in [-0.15, -0.1) is 0 Å². The third-order valence-electron chi connectivity index (χ3n) is 9.87. The lowest BCUT2D eigenvalue weighted by Crippen LogP contribution is -2.44. The standard InChI is InChI=1S/C37H37F2N5O5/c1-37(15-16-44(36(37)46)25-13-17-49-18-14-25)23-8-10-24(11-9-23)40-34-32-29(41-33(42-34)31-27(38)5-4-6-28(31)39)21-43(35(32)45)20-22-7-12-26(47-2)19-30(22)48-3/h4-12,19,25H,13-18,20-21H2,1-3H3,(H,40,41,42).